The average molecular weight is 261 g/mol. The van der Waals surface area contributed by atoms with Crippen LogP contribution < -0.4 is 5.73 Å². The lowest BCUT2D eigenvalue weighted by Gasteiger charge is -2.23. The lowest BCUT2D eigenvalue weighted by molar-refractivity contribution is -0.132. The highest BCUT2D eigenvalue weighted by molar-refractivity contribution is 5.85. The minimum Gasteiger partial charge on any atom is -0.508 e. The molecule has 1 aliphatic rings. The second-order valence-electron chi connectivity index (χ2n) is 4.78. The standard InChI is InChI=1S/C14H17N2O3/c15-13(8-10-3-5-12(18)6-4-10)14(19)16-7-1-2-11(16)9-17/h3-6,11,13,18H,1-2,7-8,15H2/t11-,13-/m0/s1. The van der Waals surface area contributed by atoms with Gasteiger partial charge in [-0.3, -0.25) is 9.59 Å². The zero-order valence-electron chi connectivity index (χ0n) is 10.6. The van der Waals surface area contributed by atoms with Crippen molar-refractivity contribution in [3.8, 4) is 5.75 Å². The summed E-state index contributed by atoms with van der Waals surface area (Å²) in [5, 5.41) is 9.19. The molecule has 2 atom stereocenters. The fourth-order valence-electron chi connectivity index (χ4n) is 2.34. The van der Waals surface area contributed by atoms with Gasteiger partial charge in [0.25, 0.3) is 0 Å². The summed E-state index contributed by atoms with van der Waals surface area (Å²) in [5.41, 5.74) is 6.78. The van der Waals surface area contributed by atoms with E-state index in [9.17, 15) is 14.7 Å². The van der Waals surface area contributed by atoms with Gasteiger partial charge in [0.15, 0.2) is 0 Å². The summed E-state index contributed by atoms with van der Waals surface area (Å²) in [5.74, 6) is -0.0299. The van der Waals surface area contributed by atoms with Gasteiger partial charge < -0.3 is 15.7 Å². The molecule has 0 bridgehead atoms. The minimum absolute atomic E-state index is 0.179. The molecule has 1 amide bonds. The highest BCUT2D eigenvalue weighted by atomic mass is 16.3. The van der Waals surface area contributed by atoms with Crippen molar-refractivity contribution >= 4 is 12.2 Å². The van der Waals surface area contributed by atoms with E-state index in [0.29, 0.717) is 19.4 Å². The molecule has 0 aromatic heterocycles. The van der Waals surface area contributed by atoms with E-state index in [1.807, 2.05) is 6.29 Å². The van der Waals surface area contributed by atoms with Crippen LogP contribution in [-0.4, -0.2) is 40.8 Å². The van der Waals surface area contributed by atoms with E-state index in [4.69, 9.17) is 5.73 Å². The first-order chi connectivity index (χ1) is 9.11. The first kappa shape index (κ1) is 13.5. The maximum atomic E-state index is 12.2. The molecule has 1 fully saturated rings. The van der Waals surface area contributed by atoms with Gasteiger partial charge in [0, 0.05) is 6.54 Å². The zero-order chi connectivity index (χ0) is 13.8. The number of benzene rings is 1. The Kier molecular flexibility index (Phi) is 4.16. The Hall–Kier alpha value is -1.88. The number of carbonyl (C=O) groups excluding carboxylic acids is 2. The van der Waals surface area contributed by atoms with Gasteiger partial charge in [-0.05, 0) is 37.0 Å². The Morgan fingerprint density at radius 3 is 2.79 bits per heavy atom. The molecule has 101 valence electrons. The van der Waals surface area contributed by atoms with Crippen molar-refractivity contribution in [2.75, 3.05) is 6.54 Å². The van der Waals surface area contributed by atoms with Gasteiger partial charge >= 0.3 is 0 Å². The molecule has 1 radical (unpaired) electrons. The Labute approximate surface area is 112 Å². The van der Waals surface area contributed by atoms with Crippen molar-refractivity contribution in [2.24, 2.45) is 5.73 Å². The Morgan fingerprint density at radius 1 is 1.47 bits per heavy atom. The summed E-state index contributed by atoms with van der Waals surface area (Å²) in [6.45, 7) is 0.571. The molecule has 1 heterocycles. The molecule has 0 aliphatic carbocycles. The second-order valence-corrected chi connectivity index (χ2v) is 4.78. The molecule has 1 saturated heterocycles. The van der Waals surface area contributed by atoms with E-state index in [1.165, 1.54) is 4.90 Å². The summed E-state index contributed by atoms with van der Waals surface area (Å²) < 4.78 is 0. The molecule has 1 aromatic carbocycles. The van der Waals surface area contributed by atoms with Crippen LogP contribution in [0.3, 0.4) is 0 Å². The number of amides is 1. The first-order valence-electron chi connectivity index (χ1n) is 6.33. The number of aromatic hydroxyl groups is 1. The normalized spacial score (nSPS) is 20.3. The molecule has 3 N–H and O–H groups in total. The number of phenols is 1. The average Bonchev–Trinajstić information content (AvgIpc) is 2.88. The third kappa shape index (κ3) is 3.12. The fourth-order valence-corrected chi connectivity index (χ4v) is 2.34. The molecule has 1 aliphatic heterocycles. The van der Waals surface area contributed by atoms with Crippen molar-refractivity contribution in [1.29, 1.82) is 0 Å². The van der Waals surface area contributed by atoms with Crippen LogP contribution in [0.2, 0.25) is 0 Å². The van der Waals surface area contributed by atoms with Gasteiger partial charge in [0.05, 0.1) is 12.1 Å². The zero-order valence-corrected chi connectivity index (χ0v) is 10.6. The SMILES string of the molecule is N[C@@H](Cc1ccc(O)cc1)C(=O)N1CCC[C@H]1[C]=O. The molecule has 5 heteroatoms. The van der Waals surface area contributed by atoms with Gasteiger partial charge in [0.1, 0.15) is 5.75 Å². The summed E-state index contributed by atoms with van der Waals surface area (Å²) in [4.78, 5) is 24.4. The molecular formula is C14H17N2O3. The van der Waals surface area contributed by atoms with E-state index in [-0.39, 0.29) is 11.7 Å². The van der Waals surface area contributed by atoms with Crippen LogP contribution in [-0.2, 0) is 16.0 Å². The summed E-state index contributed by atoms with van der Waals surface area (Å²) in [6, 6.07) is 5.47. The minimum atomic E-state index is -0.668. The van der Waals surface area contributed by atoms with Gasteiger partial charge in [-0.2, -0.15) is 0 Å². The van der Waals surface area contributed by atoms with E-state index in [0.717, 1.165) is 12.0 Å². The van der Waals surface area contributed by atoms with Crippen LogP contribution in [0.5, 0.6) is 5.75 Å². The van der Waals surface area contributed by atoms with Crippen molar-refractivity contribution < 1.29 is 14.7 Å². The van der Waals surface area contributed by atoms with Crippen LogP contribution in [0, 0.1) is 0 Å². The number of likely N-dealkylation sites (tertiary alicyclic amines) is 1. The number of hydrogen-bond donors (Lipinski definition) is 2. The first-order valence-corrected chi connectivity index (χ1v) is 6.33. The highest BCUT2D eigenvalue weighted by Gasteiger charge is 2.31. The lowest BCUT2D eigenvalue weighted by atomic mass is 10.1. The fraction of sp³-hybridized carbons (Fsp3) is 0.429. The molecule has 5 nitrogen and oxygen atoms in total. The Bertz CT molecular complexity index is 458. The summed E-state index contributed by atoms with van der Waals surface area (Å²) in [7, 11) is 0. The van der Waals surface area contributed by atoms with Crippen LogP contribution >= 0.6 is 0 Å². The highest BCUT2D eigenvalue weighted by Crippen LogP contribution is 2.17. The predicted molar refractivity (Wildman–Crippen MR) is 70.2 cm³/mol. The van der Waals surface area contributed by atoms with Crippen LogP contribution in [0.1, 0.15) is 18.4 Å². The predicted octanol–water partition coefficient (Wildman–Crippen LogP) is 0.363. The molecule has 0 spiro atoms. The number of carbonyl (C=O) groups is 1. The smallest absolute Gasteiger partial charge is 0.240 e. The van der Waals surface area contributed by atoms with Crippen LogP contribution in [0.4, 0.5) is 0 Å². The monoisotopic (exact) mass is 261 g/mol. The van der Waals surface area contributed by atoms with Crippen molar-refractivity contribution in [2.45, 2.75) is 31.3 Å². The van der Waals surface area contributed by atoms with Crippen LogP contribution in [0.15, 0.2) is 24.3 Å². The van der Waals surface area contributed by atoms with Crippen molar-refractivity contribution in [3.63, 3.8) is 0 Å². The van der Waals surface area contributed by atoms with E-state index >= 15 is 0 Å². The summed E-state index contributed by atoms with van der Waals surface area (Å²) >= 11 is 0. The molecular weight excluding hydrogens is 244 g/mol. The quantitative estimate of drug-likeness (QED) is 0.820. The van der Waals surface area contributed by atoms with E-state index in [2.05, 4.69) is 0 Å². The molecule has 19 heavy (non-hydrogen) atoms. The van der Waals surface area contributed by atoms with Gasteiger partial charge in [-0.1, -0.05) is 12.1 Å². The van der Waals surface area contributed by atoms with Gasteiger partial charge in [-0.15, -0.1) is 0 Å². The van der Waals surface area contributed by atoms with Crippen LogP contribution in [0.25, 0.3) is 0 Å². The maximum Gasteiger partial charge on any atom is 0.240 e. The number of hydrogen-bond acceptors (Lipinski definition) is 4. The Morgan fingerprint density at radius 2 is 2.16 bits per heavy atom. The topological polar surface area (TPSA) is 83.6 Å². The van der Waals surface area contributed by atoms with Crippen molar-refractivity contribution in [1.82, 2.24) is 4.90 Å². The third-order valence-electron chi connectivity index (χ3n) is 3.38. The molecule has 2 rings (SSSR count). The largest absolute Gasteiger partial charge is 0.508 e. The number of nitrogens with zero attached hydrogens (tertiary/aromatic N) is 1. The maximum absolute atomic E-state index is 12.2. The third-order valence-corrected chi connectivity index (χ3v) is 3.38. The molecule has 0 unspecified atom stereocenters. The lowest BCUT2D eigenvalue weighted by Crippen LogP contribution is -2.47. The molecule has 1 aromatic rings. The molecule has 0 saturated carbocycles. The number of nitrogens with two attached hydrogens (primary N) is 1. The van der Waals surface area contributed by atoms with Gasteiger partial charge in [-0.25, -0.2) is 0 Å². The van der Waals surface area contributed by atoms with Crippen molar-refractivity contribution in [3.05, 3.63) is 29.8 Å². The number of phenolic OH excluding ortho intramolecular Hbond substituents is 1. The van der Waals surface area contributed by atoms with Gasteiger partial charge in [0.2, 0.25) is 12.2 Å². The van der Waals surface area contributed by atoms with E-state index < -0.39 is 12.1 Å². The second kappa shape index (κ2) is 5.84. The number of rotatable bonds is 4. The Balaban J connectivity index is 1.99. The van der Waals surface area contributed by atoms with E-state index in [1.54, 1.807) is 24.3 Å². The summed E-state index contributed by atoms with van der Waals surface area (Å²) in [6.07, 6.45) is 3.76.